The molecule has 1 heterocycles. The van der Waals surface area contributed by atoms with Crippen LogP contribution in [0.1, 0.15) is 27.7 Å². The number of aromatic nitrogens is 1. The maximum atomic E-state index is 13.0. The van der Waals surface area contributed by atoms with Crippen molar-refractivity contribution in [2.45, 2.75) is 12.5 Å². The van der Waals surface area contributed by atoms with Crippen LogP contribution in [0.2, 0.25) is 14.4 Å². The summed E-state index contributed by atoms with van der Waals surface area (Å²) in [4.78, 5) is 25.6. The molecule has 11 heteroatoms. The zero-order valence-electron chi connectivity index (χ0n) is 17.6. The molecule has 0 aliphatic rings. The molecule has 7 nitrogen and oxygen atoms in total. The van der Waals surface area contributed by atoms with Gasteiger partial charge in [-0.25, -0.2) is 4.79 Å². The van der Waals surface area contributed by atoms with Crippen LogP contribution in [-0.2, 0) is 16.0 Å². The minimum Gasteiger partial charge on any atom is -0.493 e. The first-order valence-corrected chi connectivity index (χ1v) is 11.5. The molecule has 174 valence electrons. The third-order valence-electron chi connectivity index (χ3n) is 4.59. The van der Waals surface area contributed by atoms with E-state index in [2.05, 4.69) is 9.69 Å². The Morgan fingerprint density at radius 2 is 1.73 bits per heavy atom. The highest BCUT2D eigenvalue weighted by Crippen LogP contribution is 2.31. The average molecular weight is 530 g/mol. The lowest BCUT2D eigenvalue weighted by atomic mass is 10.1. The van der Waals surface area contributed by atoms with Crippen molar-refractivity contribution >= 4 is 58.2 Å². The molecule has 2 aromatic carbocycles. The van der Waals surface area contributed by atoms with E-state index in [-0.39, 0.29) is 15.1 Å². The van der Waals surface area contributed by atoms with Gasteiger partial charge in [0, 0.05) is 17.1 Å². The zero-order chi connectivity index (χ0) is 24.0. The van der Waals surface area contributed by atoms with Crippen molar-refractivity contribution in [3.63, 3.8) is 0 Å². The summed E-state index contributed by atoms with van der Waals surface area (Å²) >= 11 is 18.7. The number of rotatable bonds is 9. The van der Waals surface area contributed by atoms with Crippen LogP contribution in [0.5, 0.6) is 11.5 Å². The second kappa shape index (κ2) is 11.6. The Morgan fingerprint density at radius 3 is 2.33 bits per heavy atom. The number of ether oxygens (including phenoxy) is 3. The summed E-state index contributed by atoms with van der Waals surface area (Å²) in [5, 5.41) is 3.25. The second-order valence-corrected chi connectivity index (χ2v) is 8.88. The maximum Gasteiger partial charge on any atom is 0.360 e. The molecule has 0 bridgehead atoms. The molecule has 0 spiro atoms. The highest BCUT2D eigenvalue weighted by Gasteiger charge is 2.28. The van der Waals surface area contributed by atoms with Gasteiger partial charge in [-0.05, 0) is 47.8 Å². The van der Waals surface area contributed by atoms with E-state index in [9.17, 15) is 9.59 Å². The number of hydrogen-bond acceptors (Lipinski definition) is 7. The molecule has 0 fully saturated rings. The lowest BCUT2D eigenvalue weighted by molar-refractivity contribution is -0.130. The molecule has 1 unspecified atom stereocenters. The zero-order valence-corrected chi connectivity index (χ0v) is 20.6. The number of nitrogens with one attached hydrogen (secondary N) is 1. The Labute approximate surface area is 209 Å². The first kappa shape index (κ1) is 25.1. The van der Waals surface area contributed by atoms with Crippen molar-refractivity contribution < 1.29 is 23.8 Å². The van der Waals surface area contributed by atoms with Gasteiger partial charge in [0.25, 0.3) is 5.91 Å². The molecule has 0 radical (unpaired) electrons. The number of amides is 1. The molecule has 33 heavy (non-hydrogen) atoms. The molecule has 0 saturated heterocycles. The summed E-state index contributed by atoms with van der Waals surface area (Å²) in [7, 11) is 3.11. The quantitative estimate of drug-likeness (QED) is 0.375. The normalized spacial score (nSPS) is 11.5. The number of carbonyl (C=O) groups excluding carboxylic acids is 2. The number of hydrogen-bond donors (Lipinski definition) is 1. The van der Waals surface area contributed by atoms with Gasteiger partial charge in [0.2, 0.25) is 6.10 Å². The van der Waals surface area contributed by atoms with Crippen LogP contribution < -0.4 is 14.8 Å². The Hall–Kier alpha value is -2.52. The molecular weight excluding hydrogens is 511 g/mol. The van der Waals surface area contributed by atoms with E-state index in [0.717, 1.165) is 17.1 Å². The third-order valence-corrected chi connectivity index (χ3v) is 6.45. The van der Waals surface area contributed by atoms with Crippen LogP contribution >= 0.6 is 46.3 Å². The summed E-state index contributed by atoms with van der Waals surface area (Å²) in [6.07, 6.45) is -0.724. The first-order chi connectivity index (χ1) is 15.8. The summed E-state index contributed by atoms with van der Waals surface area (Å²) in [5.41, 5.74) is 1.22. The standard InChI is InChI=1S/C22H19Cl3N2O5S/c1-30-15-8-3-12(11-16(15)31-2)9-10-26-21(28)19(13-4-6-14(23)7-5-13)32-22(29)18-17(24)20(25)33-27-18/h3-8,11,19H,9-10H2,1-2H3,(H,26,28). The second-order valence-electron chi connectivity index (χ2n) is 6.69. The fraction of sp³-hybridized carbons (Fsp3) is 0.227. The molecule has 3 rings (SSSR count). The van der Waals surface area contributed by atoms with Crippen molar-refractivity contribution in [3.8, 4) is 11.5 Å². The summed E-state index contributed by atoms with van der Waals surface area (Å²) in [6, 6.07) is 11.9. The molecule has 1 amide bonds. The van der Waals surface area contributed by atoms with Gasteiger partial charge in [-0.15, -0.1) is 0 Å². The van der Waals surface area contributed by atoms with E-state index in [0.29, 0.717) is 35.1 Å². The Bertz CT molecular complexity index is 1140. The fourth-order valence-corrected chi connectivity index (χ4v) is 4.02. The highest BCUT2D eigenvalue weighted by atomic mass is 35.5. The molecule has 3 aromatic rings. The van der Waals surface area contributed by atoms with Gasteiger partial charge in [-0.2, -0.15) is 4.37 Å². The monoisotopic (exact) mass is 528 g/mol. The summed E-state index contributed by atoms with van der Waals surface area (Å²) < 4.78 is 20.0. The van der Waals surface area contributed by atoms with Gasteiger partial charge in [0.05, 0.1) is 14.2 Å². The van der Waals surface area contributed by atoms with E-state index in [1.165, 1.54) is 0 Å². The Kier molecular flexibility index (Phi) is 8.80. The Morgan fingerprint density at radius 1 is 1.03 bits per heavy atom. The lowest BCUT2D eigenvalue weighted by Crippen LogP contribution is -2.33. The molecule has 0 aliphatic carbocycles. The Balaban J connectivity index is 1.72. The van der Waals surface area contributed by atoms with Crippen LogP contribution in [0.15, 0.2) is 42.5 Å². The van der Waals surface area contributed by atoms with Crippen molar-refractivity contribution in [2.24, 2.45) is 0 Å². The van der Waals surface area contributed by atoms with E-state index < -0.39 is 18.0 Å². The molecule has 1 N–H and O–H groups in total. The van der Waals surface area contributed by atoms with Crippen molar-refractivity contribution in [3.05, 3.63) is 73.7 Å². The fourth-order valence-electron chi connectivity index (χ4n) is 2.92. The van der Waals surface area contributed by atoms with E-state index >= 15 is 0 Å². The average Bonchev–Trinajstić information content (AvgIpc) is 3.16. The van der Waals surface area contributed by atoms with Crippen molar-refractivity contribution in [1.29, 1.82) is 0 Å². The SMILES string of the molecule is COc1ccc(CCNC(=O)C(OC(=O)c2nsc(Cl)c2Cl)c2ccc(Cl)cc2)cc1OC. The maximum absolute atomic E-state index is 13.0. The minimum atomic E-state index is -1.24. The van der Waals surface area contributed by atoms with Crippen LogP contribution in [0.4, 0.5) is 0 Å². The predicted octanol–water partition coefficient (Wildman–Crippen LogP) is 5.38. The van der Waals surface area contributed by atoms with E-state index in [1.807, 2.05) is 12.1 Å². The number of benzene rings is 2. The molecule has 1 atom stereocenters. The predicted molar refractivity (Wildman–Crippen MR) is 128 cm³/mol. The smallest absolute Gasteiger partial charge is 0.360 e. The number of carbonyl (C=O) groups is 2. The first-order valence-electron chi connectivity index (χ1n) is 9.59. The van der Waals surface area contributed by atoms with E-state index in [1.54, 1.807) is 44.6 Å². The van der Waals surface area contributed by atoms with Crippen molar-refractivity contribution in [1.82, 2.24) is 9.69 Å². The van der Waals surface area contributed by atoms with Gasteiger partial charge in [0.15, 0.2) is 17.2 Å². The van der Waals surface area contributed by atoms with E-state index in [4.69, 9.17) is 49.0 Å². The number of esters is 1. The minimum absolute atomic E-state index is 0.0182. The van der Waals surface area contributed by atoms with Crippen LogP contribution in [0, 0.1) is 0 Å². The largest absolute Gasteiger partial charge is 0.493 e. The molecular formula is C22H19Cl3N2O5S. The van der Waals surface area contributed by atoms with Gasteiger partial charge in [0.1, 0.15) is 9.36 Å². The highest BCUT2D eigenvalue weighted by molar-refractivity contribution is 7.11. The van der Waals surface area contributed by atoms with Gasteiger partial charge < -0.3 is 19.5 Å². The van der Waals surface area contributed by atoms with Gasteiger partial charge in [-0.3, -0.25) is 4.79 Å². The molecule has 1 aromatic heterocycles. The van der Waals surface area contributed by atoms with Crippen molar-refractivity contribution in [2.75, 3.05) is 20.8 Å². The number of nitrogens with zero attached hydrogens (tertiary/aromatic N) is 1. The van der Waals surface area contributed by atoms with Crippen LogP contribution in [0.3, 0.4) is 0 Å². The summed E-state index contributed by atoms with van der Waals surface area (Å²) in [5.74, 6) is -0.171. The topological polar surface area (TPSA) is 86.8 Å². The molecule has 0 saturated carbocycles. The lowest BCUT2D eigenvalue weighted by Gasteiger charge is -2.18. The number of halogens is 3. The van der Waals surface area contributed by atoms with Gasteiger partial charge >= 0.3 is 5.97 Å². The molecule has 0 aliphatic heterocycles. The number of methoxy groups -OCH3 is 2. The third kappa shape index (κ3) is 6.29. The van der Waals surface area contributed by atoms with Gasteiger partial charge in [-0.1, -0.05) is 53.0 Å². The van der Waals surface area contributed by atoms with Crippen LogP contribution in [0.25, 0.3) is 0 Å². The summed E-state index contributed by atoms with van der Waals surface area (Å²) in [6.45, 7) is 0.291. The van der Waals surface area contributed by atoms with Crippen LogP contribution in [-0.4, -0.2) is 37.0 Å².